The van der Waals surface area contributed by atoms with Gasteiger partial charge in [0.15, 0.2) is 11.4 Å². The van der Waals surface area contributed by atoms with Gasteiger partial charge >= 0.3 is 12.2 Å². The average molecular weight is 268 g/mol. The summed E-state index contributed by atoms with van der Waals surface area (Å²) in [7, 11) is 0.936. The zero-order valence-electron chi connectivity index (χ0n) is 8.89. The van der Waals surface area contributed by atoms with E-state index in [2.05, 4.69) is 14.5 Å². The summed E-state index contributed by atoms with van der Waals surface area (Å²) in [5.41, 5.74) is -0.346. The van der Waals surface area contributed by atoms with E-state index in [1.165, 1.54) is 0 Å². The van der Waals surface area contributed by atoms with Crippen LogP contribution in [0, 0.1) is 10.1 Å². The molecule has 0 unspecified atom stereocenters. The Kier molecular flexibility index (Phi) is 3.91. The second-order valence-electron chi connectivity index (χ2n) is 2.93. The van der Waals surface area contributed by atoms with Gasteiger partial charge in [0, 0.05) is 6.07 Å². The number of aliphatic hydroxyl groups is 1. The number of pyridine rings is 1. The minimum atomic E-state index is -5.05. The molecule has 10 heteroatoms. The number of hydrogen-bond acceptors (Lipinski definition) is 6. The normalized spacial score (nSPS) is 11.2. The zero-order valence-corrected chi connectivity index (χ0v) is 8.89. The number of rotatable bonds is 4. The molecule has 0 aromatic carbocycles. The van der Waals surface area contributed by atoms with Crippen molar-refractivity contribution in [2.75, 3.05) is 7.11 Å². The lowest BCUT2D eigenvalue weighted by atomic mass is 10.3. The zero-order chi connectivity index (χ0) is 13.9. The van der Waals surface area contributed by atoms with Gasteiger partial charge in [-0.15, -0.1) is 13.2 Å². The van der Waals surface area contributed by atoms with Crippen LogP contribution in [-0.4, -0.2) is 28.5 Å². The highest BCUT2D eigenvalue weighted by Gasteiger charge is 2.35. The Bertz CT molecular complexity index is 463. The highest BCUT2D eigenvalue weighted by molar-refractivity contribution is 5.52. The van der Waals surface area contributed by atoms with E-state index in [1.807, 2.05) is 0 Å². The Hall–Kier alpha value is -2.10. The molecule has 0 saturated heterocycles. The van der Waals surface area contributed by atoms with Crippen LogP contribution >= 0.6 is 0 Å². The molecule has 100 valence electrons. The number of nitrogens with zero attached hydrogens (tertiary/aromatic N) is 2. The molecule has 18 heavy (non-hydrogen) atoms. The molecule has 0 radical (unpaired) electrons. The van der Waals surface area contributed by atoms with Gasteiger partial charge in [-0.2, -0.15) is 0 Å². The van der Waals surface area contributed by atoms with Gasteiger partial charge in [0.2, 0.25) is 0 Å². The monoisotopic (exact) mass is 268 g/mol. The highest BCUT2D eigenvalue weighted by Crippen LogP contribution is 2.38. The van der Waals surface area contributed by atoms with Gasteiger partial charge in [0.1, 0.15) is 6.61 Å². The molecule has 0 saturated carbocycles. The summed E-state index contributed by atoms with van der Waals surface area (Å²) >= 11 is 0. The van der Waals surface area contributed by atoms with Crippen LogP contribution in [0.2, 0.25) is 0 Å². The lowest BCUT2D eigenvalue weighted by Crippen LogP contribution is -2.18. The first-order valence-corrected chi connectivity index (χ1v) is 4.37. The molecule has 0 amide bonds. The lowest BCUT2D eigenvalue weighted by Gasteiger charge is -2.12. The SMILES string of the molecule is COc1c(OC(F)(F)F)cc(CO)nc1[N+](=O)[O-]. The van der Waals surface area contributed by atoms with Crippen LogP contribution < -0.4 is 9.47 Å². The summed E-state index contributed by atoms with van der Waals surface area (Å²) in [5, 5.41) is 19.4. The first-order valence-electron chi connectivity index (χ1n) is 4.37. The van der Waals surface area contributed by atoms with Crippen LogP contribution in [0.1, 0.15) is 5.69 Å². The summed E-state index contributed by atoms with van der Waals surface area (Å²) < 4.78 is 44.3. The molecule has 1 N–H and O–H groups in total. The van der Waals surface area contributed by atoms with E-state index in [-0.39, 0.29) is 5.69 Å². The Labute approximate surface area is 97.9 Å². The molecule has 0 aliphatic rings. The number of hydrogen-bond donors (Lipinski definition) is 1. The fourth-order valence-corrected chi connectivity index (χ4v) is 1.14. The largest absolute Gasteiger partial charge is 0.573 e. The van der Waals surface area contributed by atoms with Crippen LogP contribution in [0.3, 0.4) is 0 Å². The van der Waals surface area contributed by atoms with Crippen molar-refractivity contribution in [2.24, 2.45) is 0 Å². The van der Waals surface area contributed by atoms with Crippen molar-refractivity contribution in [3.8, 4) is 11.5 Å². The third-order valence-corrected chi connectivity index (χ3v) is 1.74. The predicted molar refractivity (Wildman–Crippen MR) is 50.0 cm³/mol. The molecular weight excluding hydrogens is 261 g/mol. The van der Waals surface area contributed by atoms with E-state index < -0.39 is 35.2 Å². The fraction of sp³-hybridized carbons (Fsp3) is 0.375. The van der Waals surface area contributed by atoms with Crippen molar-refractivity contribution >= 4 is 5.82 Å². The molecule has 0 aliphatic carbocycles. The minimum Gasteiger partial charge on any atom is -0.486 e. The third kappa shape index (κ3) is 3.20. The molecule has 0 bridgehead atoms. The lowest BCUT2D eigenvalue weighted by molar-refractivity contribution is -0.390. The topological polar surface area (TPSA) is 94.7 Å². The van der Waals surface area contributed by atoms with Crippen molar-refractivity contribution in [1.82, 2.24) is 4.98 Å². The van der Waals surface area contributed by atoms with E-state index >= 15 is 0 Å². The number of ether oxygens (including phenoxy) is 2. The molecule has 1 rings (SSSR count). The predicted octanol–water partition coefficient (Wildman–Crippen LogP) is 1.39. The Morgan fingerprint density at radius 2 is 2.17 bits per heavy atom. The van der Waals surface area contributed by atoms with Gasteiger partial charge in [-0.1, -0.05) is 0 Å². The van der Waals surface area contributed by atoms with Crippen LogP contribution in [0.4, 0.5) is 19.0 Å². The smallest absolute Gasteiger partial charge is 0.486 e. The van der Waals surface area contributed by atoms with Crippen molar-refractivity contribution in [3.63, 3.8) is 0 Å². The second kappa shape index (κ2) is 5.04. The number of nitro groups is 1. The Morgan fingerprint density at radius 3 is 2.56 bits per heavy atom. The molecular formula is C8H7F3N2O5. The van der Waals surface area contributed by atoms with Crippen molar-refractivity contribution in [2.45, 2.75) is 13.0 Å². The van der Waals surface area contributed by atoms with E-state index in [0.717, 1.165) is 7.11 Å². The maximum Gasteiger partial charge on any atom is 0.573 e. The number of aliphatic hydroxyl groups excluding tert-OH is 1. The summed E-state index contributed by atoms with van der Waals surface area (Å²) in [6.07, 6.45) is -5.05. The number of alkyl halides is 3. The van der Waals surface area contributed by atoms with Gasteiger partial charge in [-0.25, -0.2) is 0 Å². The van der Waals surface area contributed by atoms with Crippen LogP contribution in [0.15, 0.2) is 6.07 Å². The van der Waals surface area contributed by atoms with E-state index in [0.29, 0.717) is 6.07 Å². The van der Waals surface area contributed by atoms with Crippen LogP contribution in [-0.2, 0) is 6.61 Å². The summed E-state index contributed by atoms with van der Waals surface area (Å²) in [6.45, 7) is -0.779. The molecule has 1 aromatic rings. The van der Waals surface area contributed by atoms with Gasteiger partial charge in [0.25, 0.3) is 5.75 Å². The van der Waals surface area contributed by atoms with Gasteiger partial charge in [-0.05, 0) is 9.91 Å². The molecule has 1 aromatic heterocycles. The second-order valence-corrected chi connectivity index (χ2v) is 2.93. The molecule has 0 spiro atoms. The van der Waals surface area contributed by atoms with Gasteiger partial charge < -0.3 is 24.7 Å². The fourth-order valence-electron chi connectivity index (χ4n) is 1.14. The standard InChI is InChI=1S/C8H7F3N2O5/c1-17-6-5(18-8(9,10)11)2-4(3-14)12-7(6)13(15)16/h2,14H,3H2,1H3. The summed E-state index contributed by atoms with van der Waals surface area (Å²) in [6, 6.07) is 0.708. The summed E-state index contributed by atoms with van der Waals surface area (Å²) in [4.78, 5) is 12.9. The molecule has 0 atom stereocenters. The van der Waals surface area contributed by atoms with Crippen LogP contribution in [0.5, 0.6) is 11.5 Å². The molecule has 0 aliphatic heterocycles. The third-order valence-electron chi connectivity index (χ3n) is 1.74. The maximum atomic E-state index is 12.1. The Morgan fingerprint density at radius 1 is 1.56 bits per heavy atom. The average Bonchev–Trinajstić information content (AvgIpc) is 2.25. The molecule has 1 heterocycles. The maximum absolute atomic E-state index is 12.1. The first-order chi connectivity index (χ1) is 8.28. The number of methoxy groups -OCH3 is 1. The van der Waals surface area contributed by atoms with E-state index in [9.17, 15) is 23.3 Å². The van der Waals surface area contributed by atoms with Crippen molar-refractivity contribution in [1.29, 1.82) is 0 Å². The first kappa shape index (κ1) is 14.0. The number of aromatic nitrogens is 1. The molecule has 0 fully saturated rings. The quantitative estimate of drug-likeness (QED) is 0.655. The van der Waals surface area contributed by atoms with E-state index in [4.69, 9.17) is 5.11 Å². The summed E-state index contributed by atoms with van der Waals surface area (Å²) in [5.74, 6) is -2.67. The van der Waals surface area contributed by atoms with Gasteiger partial charge in [0.05, 0.1) is 7.11 Å². The Balaban J connectivity index is 3.37. The van der Waals surface area contributed by atoms with Crippen molar-refractivity contribution in [3.05, 3.63) is 21.9 Å². The number of halogens is 3. The highest BCUT2D eigenvalue weighted by atomic mass is 19.4. The minimum absolute atomic E-state index is 0.346. The van der Waals surface area contributed by atoms with Gasteiger partial charge in [-0.3, -0.25) is 0 Å². The van der Waals surface area contributed by atoms with Crippen molar-refractivity contribution < 1.29 is 32.7 Å². The van der Waals surface area contributed by atoms with Crippen LogP contribution in [0.25, 0.3) is 0 Å². The molecule has 7 nitrogen and oxygen atoms in total. The van der Waals surface area contributed by atoms with E-state index in [1.54, 1.807) is 0 Å².